The van der Waals surface area contributed by atoms with Gasteiger partial charge in [0.2, 0.25) is 0 Å². The van der Waals surface area contributed by atoms with E-state index in [2.05, 4.69) is 20.3 Å². The molecule has 0 saturated heterocycles. The van der Waals surface area contributed by atoms with Gasteiger partial charge in [-0.3, -0.25) is 4.79 Å². The number of hydrogen-bond donors (Lipinski definition) is 1. The van der Waals surface area contributed by atoms with Gasteiger partial charge in [-0.2, -0.15) is 5.10 Å². The van der Waals surface area contributed by atoms with E-state index in [1.807, 2.05) is 45.3 Å². The zero-order valence-electron chi connectivity index (χ0n) is 16.5. The predicted octanol–water partition coefficient (Wildman–Crippen LogP) is 3.07. The molecule has 0 fully saturated rings. The molecule has 2 aromatic heterocycles. The number of hydrogen-bond acceptors (Lipinski definition) is 5. The van der Waals surface area contributed by atoms with E-state index >= 15 is 0 Å². The molecule has 1 aromatic carbocycles. The molecular formula is C20H24ClN5O2. The molecule has 8 heteroatoms. The highest BCUT2D eigenvalue weighted by Gasteiger charge is 2.19. The van der Waals surface area contributed by atoms with Crippen LogP contribution in [0.2, 0.25) is 5.02 Å². The highest BCUT2D eigenvalue weighted by Crippen LogP contribution is 2.30. The van der Waals surface area contributed by atoms with Crippen LogP contribution in [0.1, 0.15) is 22.5 Å². The van der Waals surface area contributed by atoms with Gasteiger partial charge in [-0.15, -0.1) is 0 Å². The molecule has 0 bridgehead atoms. The molecule has 0 aliphatic carbocycles. The van der Waals surface area contributed by atoms with Crippen LogP contribution in [0.25, 0.3) is 16.7 Å². The van der Waals surface area contributed by atoms with Crippen molar-refractivity contribution in [2.75, 3.05) is 34.3 Å². The number of nitrogens with zero attached hydrogens (tertiary/aromatic N) is 4. The second kappa shape index (κ2) is 8.58. The summed E-state index contributed by atoms with van der Waals surface area (Å²) in [6, 6.07) is 7.50. The monoisotopic (exact) mass is 401 g/mol. The molecule has 0 saturated carbocycles. The molecule has 3 rings (SSSR count). The summed E-state index contributed by atoms with van der Waals surface area (Å²) < 4.78 is 6.92. The Kier molecular flexibility index (Phi) is 6.16. The summed E-state index contributed by atoms with van der Waals surface area (Å²) in [5.74, 6) is 0.533. The summed E-state index contributed by atoms with van der Waals surface area (Å²) in [7, 11) is 5.62. The minimum atomic E-state index is -0.227. The van der Waals surface area contributed by atoms with Gasteiger partial charge < -0.3 is 15.0 Å². The van der Waals surface area contributed by atoms with Gasteiger partial charge >= 0.3 is 0 Å². The Hall–Kier alpha value is -2.64. The minimum absolute atomic E-state index is 0.227. The summed E-state index contributed by atoms with van der Waals surface area (Å²) in [5.41, 5.74) is 2.52. The second-order valence-electron chi connectivity index (χ2n) is 6.79. The summed E-state index contributed by atoms with van der Waals surface area (Å²) in [6.07, 6.45) is 2.37. The quantitative estimate of drug-likeness (QED) is 0.616. The average Bonchev–Trinajstić information content (AvgIpc) is 3.02. The molecule has 2 heterocycles. The Morgan fingerprint density at radius 3 is 2.64 bits per heavy atom. The number of nitrogens with one attached hydrogen (secondary N) is 1. The molecule has 0 aliphatic heterocycles. The molecule has 148 valence electrons. The third-order valence-corrected chi connectivity index (χ3v) is 4.83. The number of fused-ring (bicyclic) bond motifs is 1. The molecule has 3 aromatic rings. The maximum Gasteiger partial charge on any atom is 0.254 e. The molecular weight excluding hydrogens is 378 g/mol. The van der Waals surface area contributed by atoms with E-state index in [1.54, 1.807) is 11.8 Å². The van der Waals surface area contributed by atoms with Gasteiger partial charge in [0, 0.05) is 12.7 Å². The summed E-state index contributed by atoms with van der Waals surface area (Å²) in [6.45, 7) is 3.34. The van der Waals surface area contributed by atoms with Gasteiger partial charge in [-0.1, -0.05) is 11.6 Å². The first-order valence-corrected chi connectivity index (χ1v) is 9.41. The van der Waals surface area contributed by atoms with Crippen LogP contribution in [0.15, 0.2) is 30.5 Å². The van der Waals surface area contributed by atoms with E-state index in [0.717, 1.165) is 24.4 Å². The van der Waals surface area contributed by atoms with Crippen molar-refractivity contribution < 1.29 is 9.53 Å². The number of carbonyl (C=O) groups is 1. The number of pyridine rings is 1. The Morgan fingerprint density at radius 1 is 1.29 bits per heavy atom. The number of rotatable bonds is 7. The number of methoxy groups -OCH3 is 1. The third kappa shape index (κ3) is 4.10. The number of carbonyl (C=O) groups excluding carboxylic acids is 1. The highest BCUT2D eigenvalue weighted by molar-refractivity contribution is 6.38. The predicted molar refractivity (Wildman–Crippen MR) is 111 cm³/mol. The number of ether oxygens (including phenoxy) is 1. The number of benzene rings is 1. The molecule has 0 atom stereocenters. The van der Waals surface area contributed by atoms with Crippen LogP contribution in [0.3, 0.4) is 0 Å². The first-order chi connectivity index (χ1) is 13.4. The molecule has 1 N–H and O–H groups in total. The van der Waals surface area contributed by atoms with Crippen LogP contribution in [0, 0.1) is 6.92 Å². The molecule has 1 amide bonds. The van der Waals surface area contributed by atoms with Crippen LogP contribution >= 0.6 is 11.6 Å². The highest BCUT2D eigenvalue weighted by atomic mass is 35.5. The molecule has 0 radical (unpaired) electrons. The van der Waals surface area contributed by atoms with Gasteiger partial charge in [0.05, 0.1) is 34.5 Å². The lowest BCUT2D eigenvalue weighted by atomic mass is 10.2. The smallest absolute Gasteiger partial charge is 0.254 e. The fourth-order valence-electron chi connectivity index (χ4n) is 2.96. The Balaban J connectivity index is 1.89. The number of halogens is 1. The van der Waals surface area contributed by atoms with Crippen molar-refractivity contribution in [2.45, 2.75) is 13.3 Å². The topological polar surface area (TPSA) is 72.3 Å². The molecule has 7 nitrogen and oxygen atoms in total. The van der Waals surface area contributed by atoms with E-state index in [-0.39, 0.29) is 5.91 Å². The Bertz CT molecular complexity index is 982. The first-order valence-electron chi connectivity index (χ1n) is 9.03. The van der Waals surface area contributed by atoms with E-state index in [0.29, 0.717) is 33.9 Å². The maximum atomic E-state index is 12.5. The van der Waals surface area contributed by atoms with Gasteiger partial charge in [-0.05, 0) is 58.3 Å². The van der Waals surface area contributed by atoms with Crippen LogP contribution in [-0.4, -0.2) is 59.9 Å². The zero-order valence-corrected chi connectivity index (χ0v) is 17.2. The van der Waals surface area contributed by atoms with Crippen LogP contribution in [0.4, 0.5) is 0 Å². The first kappa shape index (κ1) is 20.1. The number of amides is 1. The van der Waals surface area contributed by atoms with Crippen molar-refractivity contribution in [3.63, 3.8) is 0 Å². The SMILES string of the molecule is COc1ccc(-n2nc(C)c3c(Cl)c(C(=O)NCCCN(C)C)cnc32)cc1. The third-order valence-electron chi connectivity index (χ3n) is 4.44. The van der Waals surface area contributed by atoms with Crippen molar-refractivity contribution in [3.8, 4) is 11.4 Å². The fraction of sp³-hybridized carbons (Fsp3) is 0.350. The van der Waals surface area contributed by atoms with E-state index in [9.17, 15) is 4.79 Å². The Morgan fingerprint density at radius 2 is 2.00 bits per heavy atom. The fourth-order valence-corrected chi connectivity index (χ4v) is 3.32. The van der Waals surface area contributed by atoms with E-state index < -0.39 is 0 Å². The second-order valence-corrected chi connectivity index (χ2v) is 7.17. The maximum absolute atomic E-state index is 12.5. The lowest BCUT2D eigenvalue weighted by Gasteiger charge is -2.11. The van der Waals surface area contributed by atoms with Gasteiger partial charge in [0.25, 0.3) is 5.91 Å². The van der Waals surface area contributed by atoms with Crippen molar-refractivity contribution >= 4 is 28.5 Å². The minimum Gasteiger partial charge on any atom is -0.497 e. The lowest BCUT2D eigenvalue weighted by molar-refractivity contribution is 0.0952. The number of aryl methyl sites for hydroxylation is 1. The van der Waals surface area contributed by atoms with Crippen molar-refractivity contribution in [2.24, 2.45) is 0 Å². The van der Waals surface area contributed by atoms with Crippen LogP contribution in [0.5, 0.6) is 5.75 Å². The molecule has 0 unspecified atom stereocenters. The van der Waals surface area contributed by atoms with Gasteiger partial charge in [-0.25, -0.2) is 9.67 Å². The number of aromatic nitrogens is 3. The van der Waals surface area contributed by atoms with Crippen molar-refractivity contribution in [3.05, 3.63) is 46.7 Å². The molecule has 28 heavy (non-hydrogen) atoms. The van der Waals surface area contributed by atoms with Crippen LogP contribution in [-0.2, 0) is 0 Å². The Labute approximate surface area is 169 Å². The largest absolute Gasteiger partial charge is 0.497 e. The summed E-state index contributed by atoms with van der Waals surface area (Å²) in [5, 5.41) is 8.51. The van der Waals surface area contributed by atoms with Crippen molar-refractivity contribution in [1.82, 2.24) is 25.0 Å². The molecule has 0 spiro atoms. The van der Waals surface area contributed by atoms with E-state index in [4.69, 9.17) is 16.3 Å². The van der Waals surface area contributed by atoms with Crippen molar-refractivity contribution in [1.29, 1.82) is 0 Å². The normalized spacial score (nSPS) is 11.2. The molecule has 0 aliphatic rings. The standard InChI is InChI=1S/C20H24ClN5O2/c1-13-17-18(21)16(20(27)22-10-5-11-25(2)3)12-23-19(17)26(24-13)14-6-8-15(28-4)9-7-14/h6-9,12H,5,10-11H2,1-4H3,(H,22,27). The average molecular weight is 402 g/mol. The lowest BCUT2D eigenvalue weighted by Crippen LogP contribution is -2.27. The van der Waals surface area contributed by atoms with E-state index in [1.165, 1.54) is 6.20 Å². The van der Waals surface area contributed by atoms with Gasteiger partial charge in [0.15, 0.2) is 5.65 Å². The van der Waals surface area contributed by atoms with Gasteiger partial charge in [0.1, 0.15) is 5.75 Å². The van der Waals surface area contributed by atoms with Crippen LogP contribution < -0.4 is 10.1 Å². The summed E-state index contributed by atoms with van der Waals surface area (Å²) >= 11 is 6.57. The zero-order chi connectivity index (χ0) is 20.3. The summed E-state index contributed by atoms with van der Waals surface area (Å²) in [4.78, 5) is 19.1.